The molecule has 0 saturated heterocycles. The van der Waals surface area contributed by atoms with Gasteiger partial charge in [0.25, 0.3) is 0 Å². The molecular formula is C5H12Cl2Si. The van der Waals surface area contributed by atoms with Gasteiger partial charge in [-0.15, -0.1) is 0 Å². The summed E-state index contributed by atoms with van der Waals surface area (Å²) in [5.41, 5.74) is 0.623. The van der Waals surface area contributed by atoms with Gasteiger partial charge in [0.15, 0.2) is 0 Å². The Balaban J connectivity index is 3.35. The summed E-state index contributed by atoms with van der Waals surface area (Å²) in [5.74, 6) is 0. The standard InChI is InChI=1S/C5H12Cl2Si/c1-3-5(4-2)8(6)7/h5,8H,3-4H2,1-2H3. The molecule has 0 unspecified atom stereocenters. The summed E-state index contributed by atoms with van der Waals surface area (Å²) < 4.78 is 0. The molecule has 0 radical (unpaired) electrons. The Morgan fingerprint density at radius 3 is 1.62 bits per heavy atom. The highest BCUT2D eigenvalue weighted by Gasteiger charge is 2.13. The van der Waals surface area contributed by atoms with E-state index in [1.807, 2.05) is 0 Å². The molecule has 0 aliphatic carbocycles. The highest BCUT2D eigenvalue weighted by atomic mass is 35.7. The van der Waals surface area contributed by atoms with Crippen molar-refractivity contribution in [1.29, 1.82) is 0 Å². The van der Waals surface area contributed by atoms with Gasteiger partial charge in [0.1, 0.15) is 0 Å². The van der Waals surface area contributed by atoms with E-state index in [4.69, 9.17) is 22.2 Å². The first-order valence-electron chi connectivity index (χ1n) is 3.00. The van der Waals surface area contributed by atoms with Crippen molar-refractivity contribution >= 4 is 29.6 Å². The monoisotopic (exact) mass is 170 g/mol. The number of hydrogen-bond donors (Lipinski definition) is 0. The van der Waals surface area contributed by atoms with E-state index in [1.165, 1.54) is 0 Å². The van der Waals surface area contributed by atoms with Gasteiger partial charge in [-0.1, -0.05) is 26.7 Å². The molecule has 0 aromatic carbocycles. The summed E-state index contributed by atoms with van der Waals surface area (Å²) in [5, 5.41) is 0. The van der Waals surface area contributed by atoms with Gasteiger partial charge in [-0.3, -0.25) is 0 Å². The number of halogens is 2. The van der Waals surface area contributed by atoms with Gasteiger partial charge in [-0.05, 0) is 5.54 Å². The van der Waals surface area contributed by atoms with Crippen molar-refractivity contribution in [2.75, 3.05) is 0 Å². The van der Waals surface area contributed by atoms with Gasteiger partial charge in [0.2, 0.25) is 7.42 Å². The largest absolute Gasteiger partial charge is 0.240 e. The Bertz CT molecular complexity index is 52.4. The van der Waals surface area contributed by atoms with Crippen molar-refractivity contribution in [2.24, 2.45) is 0 Å². The highest BCUT2D eigenvalue weighted by Crippen LogP contribution is 2.23. The Morgan fingerprint density at radius 1 is 1.25 bits per heavy atom. The predicted molar refractivity (Wildman–Crippen MR) is 43.2 cm³/mol. The lowest BCUT2D eigenvalue weighted by Gasteiger charge is -2.09. The van der Waals surface area contributed by atoms with Crippen LogP contribution in [-0.4, -0.2) is 7.42 Å². The van der Waals surface area contributed by atoms with Crippen LogP contribution in [0.25, 0.3) is 0 Å². The van der Waals surface area contributed by atoms with Crippen molar-refractivity contribution in [3.63, 3.8) is 0 Å². The Kier molecular flexibility index (Phi) is 5.12. The van der Waals surface area contributed by atoms with Crippen LogP contribution in [0.4, 0.5) is 0 Å². The van der Waals surface area contributed by atoms with Gasteiger partial charge in [-0.25, -0.2) is 0 Å². The van der Waals surface area contributed by atoms with Gasteiger partial charge in [0, 0.05) is 0 Å². The van der Waals surface area contributed by atoms with Crippen LogP contribution in [0.15, 0.2) is 0 Å². The SMILES string of the molecule is CCC(CC)[SiH](Cl)Cl. The van der Waals surface area contributed by atoms with Crippen LogP contribution in [-0.2, 0) is 0 Å². The third-order valence-electron chi connectivity index (χ3n) is 1.41. The predicted octanol–water partition coefficient (Wildman–Crippen LogP) is 2.87. The zero-order valence-corrected chi connectivity index (χ0v) is 7.99. The van der Waals surface area contributed by atoms with E-state index in [0.717, 1.165) is 12.8 Å². The van der Waals surface area contributed by atoms with Gasteiger partial charge < -0.3 is 0 Å². The molecule has 8 heavy (non-hydrogen) atoms. The molecule has 0 nitrogen and oxygen atoms in total. The van der Waals surface area contributed by atoms with Crippen LogP contribution < -0.4 is 0 Å². The van der Waals surface area contributed by atoms with E-state index < -0.39 is 7.42 Å². The maximum atomic E-state index is 5.75. The molecule has 0 aromatic heterocycles. The lowest BCUT2D eigenvalue weighted by atomic mass is 10.3. The fourth-order valence-electron chi connectivity index (χ4n) is 0.645. The Hall–Kier alpha value is 0.797. The van der Waals surface area contributed by atoms with E-state index in [1.54, 1.807) is 0 Å². The zero-order valence-electron chi connectivity index (χ0n) is 5.32. The first-order valence-corrected chi connectivity index (χ1v) is 7.16. The second kappa shape index (κ2) is 4.65. The van der Waals surface area contributed by atoms with Gasteiger partial charge in [-0.2, -0.15) is 22.2 Å². The molecule has 0 amide bonds. The molecule has 0 fully saturated rings. The molecule has 0 aliphatic rings. The smallest absolute Gasteiger partial charge is 0.150 e. The molecule has 0 aromatic rings. The Labute approximate surface area is 62.2 Å². The van der Waals surface area contributed by atoms with Gasteiger partial charge in [0.05, 0.1) is 0 Å². The van der Waals surface area contributed by atoms with Crippen molar-refractivity contribution in [3.8, 4) is 0 Å². The summed E-state index contributed by atoms with van der Waals surface area (Å²) in [4.78, 5) is 0. The van der Waals surface area contributed by atoms with Crippen LogP contribution in [0, 0.1) is 0 Å². The molecular weight excluding hydrogens is 159 g/mol. The van der Waals surface area contributed by atoms with Crippen molar-refractivity contribution in [2.45, 2.75) is 32.2 Å². The zero-order chi connectivity index (χ0) is 6.57. The molecule has 0 spiro atoms. The van der Waals surface area contributed by atoms with E-state index in [2.05, 4.69) is 13.8 Å². The normalized spacial score (nSPS) is 11.2. The van der Waals surface area contributed by atoms with Gasteiger partial charge >= 0.3 is 0 Å². The maximum Gasteiger partial charge on any atom is 0.240 e. The first kappa shape index (κ1) is 8.80. The minimum absolute atomic E-state index is 0.623. The summed E-state index contributed by atoms with van der Waals surface area (Å²) in [7, 11) is -1.34. The van der Waals surface area contributed by atoms with Crippen LogP contribution in [0.3, 0.4) is 0 Å². The lowest BCUT2D eigenvalue weighted by molar-refractivity contribution is 0.763. The second-order valence-electron chi connectivity index (χ2n) is 1.91. The molecule has 0 heterocycles. The molecule has 0 bridgehead atoms. The molecule has 3 heteroatoms. The topological polar surface area (TPSA) is 0 Å². The summed E-state index contributed by atoms with van der Waals surface area (Å²) in [6.45, 7) is 4.28. The molecule has 0 saturated carbocycles. The summed E-state index contributed by atoms with van der Waals surface area (Å²) in [6.07, 6.45) is 2.28. The minimum atomic E-state index is -1.34. The number of hydrogen-bond acceptors (Lipinski definition) is 0. The van der Waals surface area contributed by atoms with E-state index in [0.29, 0.717) is 5.54 Å². The highest BCUT2D eigenvalue weighted by molar-refractivity contribution is 7.34. The first-order chi connectivity index (χ1) is 3.72. The van der Waals surface area contributed by atoms with Crippen molar-refractivity contribution < 1.29 is 0 Å². The fourth-order valence-corrected chi connectivity index (χ4v) is 3.50. The molecule has 0 aliphatic heterocycles. The second-order valence-corrected chi connectivity index (χ2v) is 7.01. The molecule has 0 rings (SSSR count). The van der Waals surface area contributed by atoms with E-state index in [9.17, 15) is 0 Å². The van der Waals surface area contributed by atoms with E-state index in [-0.39, 0.29) is 0 Å². The quantitative estimate of drug-likeness (QED) is 0.452. The third kappa shape index (κ3) is 2.95. The molecule has 50 valence electrons. The average Bonchev–Trinajstić information content (AvgIpc) is 1.69. The lowest BCUT2D eigenvalue weighted by Crippen LogP contribution is -2.03. The van der Waals surface area contributed by atoms with E-state index >= 15 is 0 Å². The fraction of sp³-hybridized carbons (Fsp3) is 1.00. The van der Waals surface area contributed by atoms with Crippen LogP contribution >= 0.6 is 22.2 Å². The van der Waals surface area contributed by atoms with Crippen molar-refractivity contribution in [3.05, 3.63) is 0 Å². The average molecular weight is 171 g/mol. The number of rotatable bonds is 3. The van der Waals surface area contributed by atoms with Crippen LogP contribution in [0.2, 0.25) is 5.54 Å². The van der Waals surface area contributed by atoms with Crippen LogP contribution in [0.1, 0.15) is 26.7 Å². The summed E-state index contributed by atoms with van der Waals surface area (Å²) in [6, 6.07) is 0. The Morgan fingerprint density at radius 2 is 1.62 bits per heavy atom. The minimum Gasteiger partial charge on any atom is -0.150 e. The third-order valence-corrected chi connectivity index (χ3v) is 5.20. The maximum absolute atomic E-state index is 5.75. The van der Waals surface area contributed by atoms with Crippen LogP contribution in [0.5, 0.6) is 0 Å². The molecule has 0 atom stereocenters. The van der Waals surface area contributed by atoms with Crippen molar-refractivity contribution in [1.82, 2.24) is 0 Å². The molecule has 0 N–H and O–H groups in total. The summed E-state index contributed by atoms with van der Waals surface area (Å²) >= 11 is 11.5.